The summed E-state index contributed by atoms with van der Waals surface area (Å²) in [5.74, 6) is -1.16. The molecule has 0 saturated heterocycles. The van der Waals surface area contributed by atoms with Crippen LogP contribution in [0.2, 0.25) is 0 Å². The molecule has 0 aromatic heterocycles. The molecule has 20 heavy (non-hydrogen) atoms. The second-order valence-electron chi connectivity index (χ2n) is 4.49. The van der Waals surface area contributed by atoms with Crippen LogP contribution in [0.5, 0.6) is 0 Å². The first-order valence-electron chi connectivity index (χ1n) is 5.67. The normalized spacial score (nSPS) is 10.3. The van der Waals surface area contributed by atoms with Gasteiger partial charge < -0.3 is 15.2 Å². The molecule has 0 unspecified atom stereocenters. The first-order chi connectivity index (χ1) is 9.35. The first kappa shape index (κ1) is 15.3. The van der Waals surface area contributed by atoms with Gasteiger partial charge in [0.25, 0.3) is 0 Å². The Kier molecular flexibility index (Phi) is 4.94. The molecule has 0 heterocycles. The molecule has 2 N–H and O–H groups in total. The van der Waals surface area contributed by atoms with Gasteiger partial charge in [-0.3, -0.25) is 0 Å². The van der Waals surface area contributed by atoms with Gasteiger partial charge in [0, 0.05) is 10.6 Å². The minimum atomic E-state index is -1.40. The smallest absolute Gasteiger partial charge is 0.408 e. The highest BCUT2D eigenvalue weighted by atomic mass is 16.5. The van der Waals surface area contributed by atoms with Crippen LogP contribution < -0.4 is 5.32 Å². The number of carboxylic acid groups (broad SMARTS) is 1. The topological polar surface area (TPSA) is 124 Å². The minimum absolute atomic E-state index is 0.0158. The van der Waals surface area contributed by atoms with Gasteiger partial charge in [-0.25, -0.2) is 9.59 Å². The maximum absolute atomic E-state index is 11.4. The molecule has 0 spiro atoms. The van der Waals surface area contributed by atoms with E-state index in [0.29, 0.717) is 11.3 Å². The minimum Gasteiger partial charge on any atom is -0.480 e. The van der Waals surface area contributed by atoms with Gasteiger partial charge in [0.2, 0.25) is 0 Å². The Balaban J connectivity index is 2.53. The van der Waals surface area contributed by atoms with Crippen LogP contribution in [0.3, 0.4) is 0 Å². The van der Waals surface area contributed by atoms with Crippen LogP contribution in [0.4, 0.5) is 10.5 Å². The van der Waals surface area contributed by atoms with Crippen molar-refractivity contribution in [2.24, 2.45) is 5.11 Å². The van der Waals surface area contributed by atoms with Crippen molar-refractivity contribution in [3.05, 3.63) is 40.3 Å². The van der Waals surface area contributed by atoms with Crippen molar-refractivity contribution in [1.29, 1.82) is 0 Å². The zero-order valence-corrected chi connectivity index (χ0v) is 11.0. The van der Waals surface area contributed by atoms with E-state index in [1.165, 1.54) is 13.8 Å². The largest absolute Gasteiger partial charge is 0.480 e. The Bertz CT molecular complexity index is 547. The van der Waals surface area contributed by atoms with Gasteiger partial charge >= 0.3 is 12.1 Å². The number of carbonyl (C=O) groups is 2. The molecule has 8 nitrogen and oxygen atoms in total. The molecular weight excluding hydrogens is 264 g/mol. The molecule has 0 bridgehead atoms. The van der Waals surface area contributed by atoms with E-state index in [9.17, 15) is 9.59 Å². The van der Waals surface area contributed by atoms with E-state index in [2.05, 4.69) is 15.3 Å². The molecule has 1 aromatic carbocycles. The van der Waals surface area contributed by atoms with Gasteiger partial charge in [-0.15, -0.1) is 0 Å². The van der Waals surface area contributed by atoms with Crippen molar-refractivity contribution in [3.63, 3.8) is 0 Å². The number of azide groups is 1. The highest BCUT2D eigenvalue weighted by Gasteiger charge is 2.29. The summed E-state index contributed by atoms with van der Waals surface area (Å²) in [5.41, 5.74) is 7.99. The summed E-state index contributed by atoms with van der Waals surface area (Å²) >= 11 is 0. The number of ether oxygens (including phenoxy) is 1. The third-order valence-electron chi connectivity index (χ3n) is 2.42. The number of amides is 1. The maximum Gasteiger partial charge on any atom is 0.408 e. The molecule has 0 radical (unpaired) electrons. The Labute approximate surface area is 115 Å². The van der Waals surface area contributed by atoms with Crippen LogP contribution in [0.15, 0.2) is 29.4 Å². The molecular formula is C12H14N4O4. The van der Waals surface area contributed by atoms with Crippen LogP contribution in [-0.4, -0.2) is 22.7 Å². The monoisotopic (exact) mass is 278 g/mol. The summed E-state index contributed by atoms with van der Waals surface area (Å²) in [6.45, 7) is 2.69. The van der Waals surface area contributed by atoms with Gasteiger partial charge in [-0.1, -0.05) is 29.4 Å². The summed E-state index contributed by atoms with van der Waals surface area (Å²) in [5, 5.41) is 14.5. The lowest BCUT2D eigenvalue weighted by atomic mass is 10.1. The van der Waals surface area contributed by atoms with Crippen molar-refractivity contribution in [2.45, 2.75) is 26.0 Å². The molecule has 1 aromatic rings. The maximum atomic E-state index is 11.4. The highest BCUT2D eigenvalue weighted by molar-refractivity contribution is 5.83. The SMILES string of the molecule is CC(C)(NC(=O)OCc1ccc(N=[N+]=[N-])cc1)C(=O)O. The quantitative estimate of drug-likeness (QED) is 0.488. The van der Waals surface area contributed by atoms with Crippen molar-refractivity contribution < 1.29 is 19.4 Å². The molecule has 0 aliphatic rings. The summed E-state index contributed by atoms with van der Waals surface area (Å²) < 4.78 is 4.90. The Morgan fingerprint density at radius 2 is 2.00 bits per heavy atom. The second kappa shape index (κ2) is 6.44. The second-order valence-corrected chi connectivity index (χ2v) is 4.49. The summed E-state index contributed by atoms with van der Waals surface area (Å²) in [6.07, 6.45) is -0.823. The highest BCUT2D eigenvalue weighted by Crippen LogP contribution is 2.13. The molecule has 1 rings (SSSR count). The molecule has 0 saturated carbocycles. The summed E-state index contributed by atoms with van der Waals surface area (Å²) in [4.78, 5) is 24.9. The molecule has 0 aliphatic heterocycles. The zero-order chi connectivity index (χ0) is 15.2. The average molecular weight is 278 g/mol. The Morgan fingerprint density at radius 1 is 1.40 bits per heavy atom. The number of benzene rings is 1. The standard InChI is InChI=1S/C12H14N4O4/c1-12(2,10(17)18)14-11(19)20-7-8-3-5-9(6-4-8)15-16-13/h3-6H,7H2,1-2H3,(H,14,19)(H,17,18). The van der Waals surface area contributed by atoms with Crippen molar-refractivity contribution >= 4 is 17.7 Å². The molecule has 1 amide bonds. The van der Waals surface area contributed by atoms with E-state index in [4.69, 9.17) is 15.4 Å². The number of nitrogens with zero attached hydrogens (tertiary/aromatic N) is 3. The number of alkyl carbamates (subject to hydrolysis) is 1. The van der Waals surface area contributed by atoms with E-state index in [1.54, 1.807) is 24.3 Å². The van der Waals surface area contributed by atoms with Crippen LogP contribution >= 0.6 is 0 Å². The number of rotatable bonds is 5. The summed E-state index contributed by atoms with van der Waals surface area (Å²) in [6, 6.07) is 6.44. The molecule has 8 heteroatoms. The van der Waals surface area contributed by atoms with Crippen LogP contribution in [0.1, 0.15) is 19.4 Å². The van der Waals surface area contributed by atoms with E-state index in [0.717, 1.165) is 0 Å². The number of carbonyl (C=O) groups excluding carboxylic acids is 1. The van der Waals surface area contributed by atoms with Crippen molar-refractivity contribution in [2.75, 3.05) is 0 Å². The third kappa shape index (κ3) is 4.51. The van der Waals surface area contributed by atoms with E-state index < -0.39 is 17.6 Å². The number of hydrogen-bond acceptors (Lipinski definition) is 4. The van der Waals surface area contributed by atoms with Gasteiger partial charge in [-0.2, -0.15) is 0 Å². The van der Waals surface area contributed by atoms with Crippen LogP contribution in [-0.2, 0) is 16.1 Å². The van der Waals surface area contributed by atoms with Gasteiger partial charge in [0.1, 0.15) is 12.1 Å². The number of carboxylic acids is 1. The lowest BCUT2D eigenvalue weighted by Gasteiger charge is -2.20. The fourth-order valence-electron chi connectivity index (χ4n) is 1.20. The van der Waals surface area contributed by atoms with E-state index >= 15 is 0 Å². The molecule has 0 atom stereocenters. The van der Waals surface area contributed by atoms with Crippen LogP contribution in [0.25, 0.3) is 10.4 Å². The number of hydrogen-bond donors (Lipinski definition) is 2. The van der Waals surface area contributed by atoms with Crippen molar-refractivity contribution in [1.82, 2.24) is 5.32 Å². The van der Waals surface area contributed by atoms with Gasteiger partial charge in [0.15, 0.2) is 0 Å². The Hall–Kier alpha value is -2.73. The fraction of sp³-hybridized carbons (Fsp3) is 0.333. The third-order valence-corrected chi connectivity index (χ3v) is 2.42. The predicted molar refractivity (Wildman–Crippen MR) is 70.3 cm³/mol. The first-order valence-corrected chi connectivity index (χ1v) is 5.67. The Morgan fingerprint density at radius 3 is 2.50 bits per heavy atom. The number of nitrogens with one attached hydrogen (secondary N) is 1. The van der Waals surface area contributed by atoms with E-state index in [-0.39, 0.29) is 6.61 Å². The van der Waals surface area contributed by atoms with Crippen molar-refractivity contribution in [3.8, 4) is 0 Å². The average Bonchev–Trinajstić information content (AvgIpc) is 2.37. The van der Waals surface area contributed by atoms with Crippen LogP contribution in [0, 0.1) is 0 Å². The summed E-state index contributed by atoms with van der Waals surface area (Å²) in [7, 11) is 0. The number of aliphatic carboxylic acids is 1. The molecule has 0 aliphatic carbocycles. The molecule has 106 valence electrons. The molecule has 0 fully saturated rings. The fourth-order valence-corrected chi connectivity index (χ4v) is 1.20. The van der Waals surface area contributed by atoms with Gasteiger partial charge in [-0.05, 0) is 24.9 Å². The zero-order valence-electron chi connectivity index (χ0n) is 11.0. The lowest BCUT2D eigenvalue weighted by molar-refractivity contribution is -0.143. The lowest BCUT2D eigenvalue weighted by Crippen LogP contribution is -2.49. The van der Waals surface area contributed by atoms with E-state index in [1.807, 2.05) is 0 Å². The van der Waals surface area contributed by atoms with Gasteiger partial charge in [0.05, 0.1) is 0 Å². The predicted octanol–water partition coefficient (Wildman–Crippen LogP) is 2.72.